The summed E-state index contributed by atoms with van der Waals surface area (Å²) in [6.07, 6.45) is 1.40. The van der Waals surface area contributed by atoms with Gasteiger partial charge in [-0.2, -0.15) is 0 Å². The summed E-state index contributed by atoms with van der Waals surface area (Å²) in [7, 11) is 0. The van der Waals surface area contributed by atoms with Gasteiger partial charge in [0.1, 0.15) is 17.1 Å². The topological polar surface area (TPSA) is 75.7 Å². The van der Waals surface area contributed by atoms with Gasteiger partial charge in [0, 0.05) is 0 Å². The van der Waals surface area contributed by atoms with Gasteiger partial charge in [0.15, 0.2) is 0 Å². The van der Waals surface area contributed by atoms with E-state index >= 15 is 0 Å². The fraction of sp³-hybridized carbons (Fsp3) is 0.105. The van der Waals surface area contributed by atoms with E-state index in [-0.39, 0.29) is 11.3 Å². The Hall–Kier alpha value is -2.02. The van der Waals surface area contributed by atoms with Crippen molar-refractivity contribution in [1.29, 1.82) is 0 Å². The van der Waals surface area contributed by atoms with Crippen molar-refractivity contribution < 1.29 is 23.5 Å². The monoisotopic (exact) mass is 606 g/mol. The summed E-state index contributed by atoms with van der Waals surface area (Å²) in [5, 5.41) is 2.12. The lowest BCUT2D eigenvalue weighted by molar-refractivity contribution is -0.122. The van der Waals surface area contributed by atoms with Gasteiger partial charge in [-0.3, -0.25) is 14.9 Å². The fourth-order valence-corrected chi connectivity index (χ4v) is 4.75. The van der Waals surface area contributed by atoms with Crippen molar-refractivity contribution in [2.75, 3.05) is 11.5 Å². The zero-order chi connectivity index (χ0) is 20.4. The first-order chi connectivity index (χ1) is 13.3. The van der Waals surface area contributed by atoms with E-state index in [4.69, 9.17) is 4.74 Å². The van der Waals surface area contributed by atoms with Crippen LogP contribution in [0.5, 0.6) is 5.75 Å². The van der Waals surface area contributed by atoms with Crippen molar-refractivity contribution in [3.05, 3.63) is 60.5 Å². The molecule has 1 aliphatic heterocycles. The number of anilines is 1. The molecule has 0 aliphatic carbocycles. The van der Waals surface area contributed by atoms with Crippen LogP contribution < -0.4 is 15.0 Å². The molecule has 0 spiro atoms. The highest BCUT2D eigenvalue weighted by Crippen LogP contribution is 2.30. The van der Waals surface area contributed by atoms with Crippen LogP contribution in [0.25, 0.3) is 6.08 Å². The standard InChI is InChI=1S/C19H13FI2N2O4/c1-2-28-16-14(21)7-10(8-15(16)22)6-13-17(25)23-19(27)24(18(13)26)12-5-3-4-11(20)9-12/h3-9H,2H2,1H3,(H,23,25,27)/b13-6+. The third-order valence-corrected chi connectivity index (χ3v) is 5.39. The van der Waals surface area contributed by atoms with Gasteiger partial charge in [-0.1, -0.05) is 6.07 Å². The summed E-state index contributed by atoms with van der Waals surface area (Å²) in [6, 6.07) is 7.65. The molecule has 28 heavy (non-hydrogen) atoms. The minimum absolute atomic E-state index is 0.0387. The van der Waals surface area contributed by atoms with Gasteiger partial charge in [-0.05, 0) is 94.1 Å². The maximum absolute atomic E-state index is 13.5. The number of benzene rings is 2. The van der Waals surface area contributed by atoms with E-state index in [2.05, 4.69) is 50.5 Å². The molecule has 1 heterocycles. The number of ether oxygens (including phenoxy) is 1. The Morgan fingerprint density at radius 1 is 1.14 bits per heavy atom. The molecule has 0 radical (unpaired) electrons. The number of nitrogens with one attached hydrogen (secondary N) is 1. The zero-order valence-electron chi connectivity index (χ0n) is 14.5. The Labute approximate surface area is 187 Å². The fourth-order valence-electron chi connectivity index (χ4n) is 2.62. The second-order valence-corrected chi connectivity index (χ2v) is 8.01. The SMILES string of the molecule is CCOc1c(I)cc(/C=C2\C(=O)NC(=O)N(c3cccc(F)c3)C2=O)cc1I. The molecule has 144 valence electrons. The quantitative estimate of drug-likeness (QED) is 0.324. The van der Waals surface area contributed by atoms with E-state index in [1.807, 2.05) is 6.92 Å². The van der Waals surface area contributed by atoms with Crippen molar-refractivity contribution in [2.24, 2.45) is 0 Å². The van der Waals surface area contributed by atoms with Crippen LogP contribution >= 0.6 is 45.2 Å². The molecule has 1 N–H and O–H groups in total. The molecule has 1 fully saturated rings. The van der Waals surface area contributed by atoms with Crippen LogP contribution in [0.15, 0.2) is 42.0 Å². The zero-order valence-corrected chi connectivity index (χ0v) is 18.8. The first-order valence-corrected chi connectivity index (χ1v) is 10.3. The Morgan fingerprint density at radius 2 is 1.82 bits per heavy atom. The number of nitrogens with zero attached hydrogens (tertiary/aromatic N) is 1. The van der Waals surface area contributed by atoms with Crippen LogP contribution in [0.4, 0.5) is 14.9 Å². The Kier molecular flexibility index (Phi) is 6.33. The first-order valence-electron chi connectivity index (χ1n) is 8.10. The maximum atomic E-state index is 13.5. The first kappa shape index (κ1) is 20.7. The van der Waals surface area contributed by atoms with Crippen LogP contribution in [0.1, 0.15) is 12.5 Å². The number of hydrogen-bond acceptors (Lipinski definition) is 4. The summed E-state index contributed by atoms with van der Waals surface area (Å²) in [5.41, 5.74) is 0.417. The summed E-state index contributed by atoms with van der Waals surface area (Å²) in [4.78, 5) is 38.0. The van der Waals surface area contributed by atoms with E-state index < -0.39 is 23.7 Å². The highest BCUT2D eigenvalue weighted by Gasteiger charge is 2.37. The largest absolute Gasteiger partial charge is 0.492 e. The highest BCUT2D eigenvalue weighted by atomic mass is 127. The van der Waals surface area contributed by atoms with Gasteiger partial charge in [-0.15, -0.1) is 0 Å². The molecule has 2 aromatic rings. The molecular weight excluding hydrogens is 593 g/mol. The molecule has 1 aliphatic rings. The second kappa shape index (κ2) is 8.55. The molecule has 0 bridgehead atoms. The molecule has 4 amide bonds. The molecule has 6 nitrogen and oxygen atoms in total. The van der Waals surface area contributed by atoms with E-state index in [1.54, 1.807) is 12.1 Å². The van der Waals surface area contributed by atoms with Gasteiger partial charge in [-0.25, -0.2) is 14.1 Å². The van der Waals surface area contributed by atoms with Crippen LogP contribution in [0.3, 0.4) is 0 Å². The van der Waals surface area contributed by atoms with Gasteiger partial charge in [0.25, 0.3) is 11.8 Å². The lowest BCUT2D eigenvalue weighted by Crippen LogP contribution is -2.54. The molecule has 0 saturated carbocycles. The molecule has 1 saturated heterocycles. The lowest BCUT2D eigenvalue weighted by Gasteiger charge is -2.26. The average Bonchev–Trinajstić information content (AvgIpc) is 2.61. The third kappa shape index (κ3) is 4.19. The van der Waals surface area contributed by atoms with E-state index in [9.17, 15) is 18.8 Å². The number of imide groups is 2. The molecular formula is C19H13FI2N2O4. The van der Waals surface area contributed by atoms with Crippen LogP contribution in [0.2, 0.25) is 0 Å². The number of rotatable bonds is 4. The number of barbiturate groups is 1. The van der Waals surface area contributed by atoms with Gasteiger partial charge in [0.2, 0.25) is 0 Å². The molecule has 0 atom stereocenters. The van der Waals surface area contributed by atoms with Gasteiger partial charge >= 0.3 is 6.03 Å². The smallest absolute Gasteiger partial charge is 0.335 e. The number of carbonyl (C=O) groups is 3. The second-order valence-electron chi connectivity index (χ2n) is 5.68. The third-order valence-electron chi connectivity index (χ3n) is 3.79. The van der Waals surface area contributed by atoms with E-state index in [0.29, 0.717) is 12.2 Å². The van der Waals surface area contributed by atoms with Crippen LogP contribution in [-0.4, -0.2) is 24.5 Å². The number of urea groups is 1. The Morgan fingerprint density at radius 3 is 2.43 bits per heavy atom. The van der Waals surface area contributed by atoms with Crippen molar-refractivity contribution in [1.82, 2.24) is 5.32 Å². The van der Waals surface area contributed by atoms with Crippen molar-refractivity contribution >= 4 is 74.8 Å². The average molecular weight is 606 g/mol. The van der Waals surface area contributed by atoms with E-state index in [0.717, 1.165) is 23.9 Å². The van der Waals surface area contributed by atoms with Crippen LogP contribution in [-0.2, 0) is 9.59 Å². The van der Waals surface area contributed by atoms with Crippen molar-refractivity contribution in [2.45, 2.75) is 6.92 Å². The molecule has 2 aromatic carbocycles. The van der Waals surface area contributed by atoms with Crippen molar-refractivity contribution in [3.63, 3.8) is 0 Å². The summed E-state index contributed by atoms with van der Waals surface area (Å²) >= 11 is 4.22. The predicted molar refractivity (Wildman–Crippen MR) is 118 cm³/mol. The highest BCUT2D eigenvalue weighted by molar-refractivity contribution is 14.1. The van der Waals surface area contributed by atoms with Gasteiger partial charge < -0.3 is 4.74 Å². The normalized spacial score (nSPS) is 15.8. The summed E-state index contributed by atoms with van der Waals surface area (Å²) in [6.45, 7) is 2.39. The summed E-state index contributed by atoms with van der Waals surface area (Å²) < 4.78 is 20.7. The Balaban J connectivity index is 2.02. The number of hydrogen-bond donors (Lipinski definition) is 1. The van der Waals surface area contributed by atoms with Crippen LogP contribution in [0, 0.1) is 13.0 Å². The predicted octanol–water partition coefficient (Wildman–Crippen LogP) is 4.10. The molecule has 9 heteroatoms. The summed E-state index contributed by atoms with van der Waals surface area (Å²) in [5.74, 6) is -1.50. The number of carbonyl (C=O) groups excluding carboxylic acids is 3. The Bertz CT molecular complexity index is 1000. The number of halogens is 3. The number of amides is 4. The lowest BCUT2D eigenvalue weighted by atomic mass is 10.1. The van der Waals surface area contributed by atoms with E-state index in [1.165, 1.54) is 24.3 Å². The molecule has 0 aromatic heterocycles. The molecule has 0 unspecified atom stereocenters. The van der Waals surface area contributed by atoms with Gasteiger partial charge in [0.05, 0.1) is 19.4 Å². The maximum Gasteiger partial charge on any atom is 0.335 e. The van der Waals surface area contributed by atoms with Crippen molar-refractivity contribution in [3.8, 4) is 5.75 Å². The minimum Gasteiger partial charge on any atom is -0.492 e. The molecule has 3 rings (SSSR count). The minimum atomic E-state index is -0.923.